The van der Waals surface area contributed by atoms with Crippen LogP contribution in [0.5, 0.6) is 0 Å². The van der Waals surface area contributed by atoms with Crippen LogP contribution < -0.4 is 5.73 Å². The molecular formula is C16H28N2O. The first-order valence-electron chi connectivity index (χ1n) is 7.35. The summed E-state index contributed by atoms with van der Waals surface area (Å²) in [4.78, 5) is 2.34. The van der Waals surface area contributed by atoms with E-state index in [2.05, 4.69) is 43.0 Å². The molecule has 0 aliphatic heterocycles. The molecule has 1 aromatic carbocycles. The molecule has 0 saturated heterocycles. The molecule has 1 rings (SSSR count). The van der Waals surface area contributed by atoms with E-state index in [1.54, 1.807) is 0 Å². The first kappa shape index (κ1) is 16.2. The van der Waals surface area contributed by atoms with E-state index >= 15 is 0 Å². The molecule has 0 aromatic heterocycles. The third-order valence-corrected chi connectivity index (χ3v) is 3.47. The Hall–Kier alpha value is -0.900. The fraction of sp³-hybridized carbons (Fsp3) is 0.625. The number of benzene rings is 1. The van der Waals surface area contributed by atoms with Gasteiger partial charge >= 0.3 is 0 Å². The minimum atomic E-state index is 0.0764. The molecule has 0 heterocycles. The molecule has 0 amide bonds. The first-order chi connectivity index (χ1) is 9.21. The van der Waals surface area contributed by atoms with Crippen LogP contribution in [0.15, 0.2) is 24.3 Å². The van der Waals surface area contributed by atoms with Crippen LogP contribution in [0.1, 0.15) is 37.9 Å². The Morgan fingerprint density at radius 1 is 1.16 bits per heavy atom. The Morgan fingerprint density at radius 2 is 1.84 bits per heavy atom. The first-order valence-corrected chi connectivity index (χ1v) is 7.35. The van der Waals surface area contributed by atoms with E-state index in [0.29, 0.717) is 0 Å². The number of aryl methyl sites for hydroxylation is 1. The number of nitrogens with two attached hydrogens (primary N) is 1. The van der Waals surface area contributed by atoms with Crippen molar-refractivity contribution >= 4 is 0 Å². The van der Waals surface area contributed by atoms with Crippen LogP contribution in [0.4, 0.5) is 0 Å². The summed E-state index contributed by atoms with van der Waals surface area (Å²) in [6, 6.07) is 8.73. The molecule has 0 aliphatic carbocycles. The van der Waals surface area contributed by atoms with Gasteiger partial charge in [-0.1, -0.05) is 38.1 Å². The lowest BCUT2D eigenvalue weighted by atomic mass is 10.0. The van der Waals surface area contributed by atoms with E-state index in [-0.39, 0.29) is 6.04 Å². The van der Waals surface area contributed by atoms with Crippen LogP contribution >= 0.6 is 0 Å². The zero-order valence-corrected chi connectivity index (χ0v) is 12.6. The Labute approximate surface area is 117 Å². The van der Waals surface area contributed by atoms with E-state index in [4.69, 9.17) is 10.5 Å². The number of ether oxygens (including phenoxy) is 1. The van der Waals surface area contributed by atoms with Gasteiger partial charge in [0.15, 0.2) is 0 Å². The summed E-state index contributed by atoms with van der Waals surface area (Å²) in [5.74, 6) is 0. The number of hydrogen-bond acceptors (Lipinski definition) is 3. The second-order valence-electron chi connectivity index (χ2n) is 4.79. The van der Waals surface area contributed by atoms with Gasteiger partial charge < -0.3 is 10.5 Å². The average Bonchev–Trinajstić information content (AvgIpc) is 2.46. The summed E-state index contributed by atoms with van der Waals surface area (Å²) in [5.41, 5.74) is 8.86. The molecule has 0 aliphatic rings. The van der Waals surface area contributed by atoms with Crippen LogP contribution in [0, 0.1) is 0 Å². The van der Waals surface area contributed by atoms with E-state index in [1.165, 1.54) is 11.1 Å². The maximum atomic E-state index is 6.28. The lowest BCUT2D eigenvalue weighted by molar-refractivity contribution is 0.113. The fourth-order valence-electron chi connectivity index (χ4n) is 2.10. The van der Waals surface area contributed by atoms with Crippen molar-refractivity contribution in [2.75, 3.05) is 32.8 Å². The van der Waals surface area contributed by atoms with Crippen molar-refractivity contribution in [1.29, 1.82) is 0 Å². The minimum absolute atomic E-state index is 0.0764. The van der Waals surface area contributed by atoms with E-state index in [9.17, 15) is 0 Å². The van der Waals surface area contributed by atoms with Gasteiger partial charge in [-0.3, -0.25) is 4.90 Å². The zero-order valence-electron chi connectivity index (χ0n) is 12.6. The molecule has 2 N–H and O–H groups in total. The van der Waals surface area contributed by atoms with Gasteiger partial charge in [0.05, 0.1) is 6.61 Å². The molecule has 1 unspecified atom stereocenters. The van der Waals surface area contributed by atoms with E-state index < -0.39 is 0 Å². The zero-order chi connectivity index (χ0) is 14.1. The van der Waals surface area contributed by atoms with Gasteiger partial charge in [0.2, 0.25) is 0 Å². The largest absolute Gasteiger partial charge is 0.380 e. The highest BCUT2D eigenvalue weighted by Crippen LogP contribution is 2.13. The molecule has 0 fully saturated rings. The molecule has 0 bridgehead atoms. The van der Waals surface area contributed by atoms with Gasteiger partial charge in [-0.15, -0.1) is 0 Å². The summed E-state index contributed by atoms with van der Waals surface area (Å²) in [7, 11) is 0. The third-order valence-electron chi connectivity index (χ3n) is 3.47. The highest BCUT2D eigenvalue weighted by atomic mass is 16.5. The van der Waals surface area contributed by atoms with Gasteiger partial charge in [0.1, 0.15) is 0 Å². The SMILES string of the molecule is CCOCCN(CC)CC(N)c1ccc(CC)cc1. The molecule has 0 radical (unpaired) electrons. The topological polar surface area (TPSA) is 38.5 Å². The minimum Gasteiger partial charge on any atom is -0.380 e. The highest BCUT2D eigenvalue weighted by Gasteiger charge is 2.10. The van der Waals surface area contributed by atoms with Crippen molar-refractivity contribution < 1.29 is 4.74 Å². The summed E-state index contributed by atoms with van der Waals surface area (Å²) in [6.07, 6.45) is 1.07. The second kappa shape index (κ2) is 9.08. The van der Waals surface area contributed by atoms with Crippen LogP contribution in [-0.4, -0.2) is 37.7 Å². The average molecular weight is 264 g/mol. The maximum Gasteiger partial charge on any atom is 0.0593 e. The van der Waals surface area contributed by atoms with Gasteiger partial charge in [0, 0.05) is 25.7 Å². The second-order valence-corrected chi connectivity index (χ2v) is 4.79. The molecular weight excluding hydrogens is 236 g/mol. The maximum absolute atomic E-state index is 6.28. The van der Waals surface area contributed by atoms with E-state index in [0.717, 1.165) is 39.3 Å². The van der Waals surface area contributed by atoms with E-state index in [1.807, 2.05) is 6.92 Å². The Kier molecular flexibility index (Phi) is 7.72. The van der Waals surface area contributed by atoms with Crippen LogP contribution in [0.3, 0.4) is 0 Å². The Balaban J connectivity index is 2.48. The highest BCUT2D eigenvalue weighted by molar-refractivity contribution is 5.25. The number of likely N-dealkylation sites (N-methyl/N-ethyl adjacent to an activating group) is 1. The van der Waals surface area contributed by atoms with Gasteiger partial charge in [-0.2, -0.15) is 0 Å². The summed E-state index contributed by atoms with van der Waals surface area (Å²) in [6.45, 7) is 10.8. The summed E-state index contributed by atoms with van der Waals surface area (Å²) < 4.78 is 5.40. The molecule has 1 aromatic rings. The molecule has 108 valence electrons. The van der Waals surface area contributed by atoms with Crippen molar-refractivity contribution in [2.45, 2.75) is 33.2 Å². The molecule has 3 nitrogen and oxygen atoms in total. The quantitative estimate of drug-likeness (QED) is 0.697. The van der Waals surface area contributed by atoms with Crippen molar-refractivity contribution in [3.63, 3.8) is 0 Å². The van der Waals surface area contributed by atoms with Crippen LogP contribution in [0.25, 0.3) is 0 Å². The normalized spacial score (nSPS) is 12.9. The Morgan fingerprint density at radius 3 is 2.37 bits per heavy atom. The van der Waals surface area contributed by atoms with Gasteiger partial charge in [-0.25, -0.2) is 0 Å². The monoisotopic (exact) mass is 264 g/mol. The summed E-state index contributed by atoms with van der Waals surface area (Å²) >= 11 is 0. The lowest BCUT2D eigenvalue weighted by Gasteiger charge is -2.24. The van der Waals surface area contributed by atoms with Gasteiger partial charge in [-0.05, 0) is 31.0 Å². The number of hydrogen-bond donors (Lipinski definition) is 1. The molecule has 19 heavy (non-hydrogen) atoms. The smallest absolute Gasteiger partial charge is 0.0593 e. The van der Waals surface area contributed by atoms with Crippen LogP contribution in [0.2, 0.25) is 0 Å². The molecule has 1 atom stereocenters. The fourth-order valence-corrected chi connectivity index (χ4v) is 2.10. The lowest BCUT2D eigenvalue weighted by Crippen LogP contribution is -2.34. The van der Waals surface area contributed by atoms with Gasteiger partial charge in [0.25, 0.3) is 0 Å². The molecule has 0 saturated carbocycles. The number of nitrogens with zero attached hydrogens (tertiary/aromatic N) is 1. The van der Waals surface area contributed by atoms with Crippen molar-refractivity contribution in [2.24, 2.45) is 5.73 Å². The van der Waals surface area contributed by atoms with Crippen molar-refractivity contribution in [1.82, 2.24) is 4.90 Å². The van der Waals surface area contributed by atoms with Crippen molar-refractivity contribution in [3.8, 4) is 0 Å². The molecule has 0 spiro atoms. The summed E-state index contributed by atoms with van der Waals surface area (Å²) in [5, 5.41) is 0. The third kappa shape index (κ3) is 5.72. The number of rotatable bonds is 9. The predicted molar refractivity (Wildman–Crippen MR) is 81.4 cm³/mol. The van der Waals surface area contributed by atoms with Crippen LogP contribution in [-0.2, 0) is 11.2 Å². The molecule has 3 heteroatoms. The van der Waals surface area contributed by atoms with Crippen molar-refractivity contribution in [3.05, 3.63) is 35.4 Å². The standard InChI is InChI=1S/C16H28N2O/c1-4-14-7-9-15(10-8-14)16(17)13-18(5-2)11-12-19-6-3/h7-10,16H,4-6,11-13,17H2,1-3H3. The predicted octanol–water partition coefficient (Wildman–Crippen LogP) is 2.61. The Bertz CT molecular complexity index is 337.